The first-order valence-electron chi connectivity index (χ1n) is 14.8. The van der Waals surface area contributed by atoms with Gasteiger partial charge in [0.25, 0.3) is 0 Å². The van der Waals surface area contributed by atoms with E-state index < -0.39 is 0 Å². The first kappa shape index (κ1) is 29.1. The van der Waals surface area contributed by atoms with E-state index in [1.54, 1.807) is 29.5 Å². The fourth-order valence-corrected chi connectivity index (χ4v) is 6.68. The molecule has 4 aromatic rings. The lowest BCUT2D eigenvalue weighted by Crippen LogP contribution is -2.44. The molecule has 43 heavy (non-hydrogen) atoms. The largest absolute Gasteiger partial charge is 0.508 e. The molecule has 2 aromatic heterocycles. The molecule has 4 heterocycles. The van der Waals surface area contributed by atoms with E-state index in [0.29, 0.717) is 19.0 Å². The first-order valence-corrected chi connectivity index (χ1v) is 15.7. The SMILES string of the molecule is CN(C)CC=CC(=O)NC1CCN(c2ccc(-c3cc4nc(-c5cccc(O)c5)nc(N5CCOCC5)c4s3)cc2)CC1. The number of phenolic OH excluding ortho intramolecular Hbond substituents is 1. The van der Waals surface area contributed by atoms with E-state index >= 15 is 0 Å². The molecule has 0 unspecified atom stereocenters. The predicted molar refractivity (Wildman–Crippen MR) is 174 cm³/mol. The number of nitrogens with one attached hydrogen (secondary N) is 1. The van der Waals surface area contributed by atoms with E-state index in [0.717, 1.165) is 77.6 Å². The third kappa shape index (κ3) is 6.98. The number of nitrogens with zero attached hydrogens (tertiary/aromatic N) is 5. The molecule has 0 aliphatic carbocycles. The van der Waals surface area contributed by atoms with E-state index in [1.165, 1.54) is 5.69 Å². The van der Waals surface area contributed by atoms with Gasteiger partial charge in [-0.15, -0.1) is 11.3 Å². The smallest absolute Gasteiger partial charge is 0.243 e. The van der Waals surface area contributed by atoms with Crippen LogP contribution in [0, 0.1) is 0 Å². The van der Waals surface area contributed by atoms with Gasteiger partial charge in [0.15, 0.2) is 11.6 Å². The van der Waals surface area contributed by atoms with Crippen molar-refractivity contribution < 1.29 is 14.6 Å². The number of ether oxygens (including phenoxy) is 1. The number of fused-ring (bicyclic) bond motifs is 1. The summed E-state index contributed by atoms with van der Waals surface area (Å²) in [7, 11) is 3.97. The number of thiophene rings is 1. The number of rotatable bonds is 8. The van der Waals surface area contributed by atoms with Crippen molar-refractivity contribution >= 4 is 39.0 Å². The summed E-state index contributed by atoms with van der Waals surface area (Å²) in [6.07, 6.45) is 5.39. The molecular weight excluding hydrogens is 560 g/mol. The minimum Gasteiger partial charge on any atom is -0.508 e. The molecule has 6 rings (SSSR count). The molecule has 2 aliphatic heterocycles. The number of aromatic nitrogens is 2. The summed E-state index contributed by atoms with van der Waals surface area (Å²) < 4.78 is 6.66. The number of anilines is 2. The molecule has 9 nitrogen and oxygen atoms in total. The third-order valence-electron chi connectivity index (χ3n) is 7.87. The summed E-state index contributed by atoms with van der Waals surface area (Å²) in [5.74, 6) is 1.71. The van der Waals surface area contributed by atoms with Crippen molar-refractivity contribution in [3.05, 3.63) is 66.7 Å². The second-order valence-electron chi connectivity index (χ2n) is 11.3. The van der Waals surface area contributed by atoms with E-state index in [2.05, 4.69) is 45.4 Å². The number of phenols is 1. The van der Waals surface area contributed by atoms with Crippen LogP contribution in [-0.2, 0) is 9.53 Å². The number of piperidine rings is 1. The van der Waals surface area contributed by atoms with Crippen molar-refractivity contribution in [1.82, 2.24) is 20.2 Å². The minimum atomic E-state index is -0.0107. The second-order valence-corrected chi connectivity index (χ2v) is 12.4. The van der Waals surface area contributed by atoms with Crippen LogP contribution in [0.4, 0.5) is 11.5 Å². The van der Waals surface area contributed by atoms with Crippen molar-refractivity contribution in [3.8, 4) is 27.6 Å². The summed E-state index contributed by atoms with van der Waals surface area (Å²) in [5.41, 5.74) is 4.03. The molecule has 2 aromatic carbocycles. The third-order valence-corrected chi connectivity index (χ3v) is 9.04. The Kier molecular flexibility index (Phi) is 8.87. The highest BCUT2D eigenvalue weighted by atomic mass is 32.1. The van der Waals surface area contributed by atoms with Gasteiger partial charge in [-0.2, -0.15) is 0 Å². The lowest BCUT2D eigenvalue weighted by Gasteiger charge is -2.33. The number of aromatic hydroxyl groups is 1. The zero-order chi connectivity index (χ0) is 29.8. The summed E-state index contributed by atoms with van der Waals surface area (Å²) in [4.78, 5) is 30.0. The Balaban J connectivity index is 1.18. The highest BCUT2D eigenvalue weighted by Gasteiger charge is 2.22. The number of hydrogen-bond acceptors (Lipinski definition) is 9. The number of benzene rings is 2. The lowest BCUT2D eigenvalue weighted by atomic mass is 10.0. The number of carbonyl (C=O) groups is 1. The van der Waals surface area contributed by atoms with Gasteiger partial charge in [0.05, 0.1) is 23.4 Å². The maximum atomic E-state index is 12.2. The van der Waals surface area contributed by atoms with Crippen LogP contribution < -0.4 is 15.1 Å². The molecule has 0 radical (unpaired) electrons. The summed E-state index contributed by atoms with van der Waals surface area (Å²) in [5, 5.41) is 13.2. The molecule has 2 fully saturated rings. The molecule has 0 bridgehead atoms. The van der Waals surface area contributed by atoms with Gasteiger partial charge in [0.2, 0.25) is 5.91 Å². The van der Waals surface area contributed by atoms with Gasteiger partial charge in [-0.1, -0.05) is 30.3 Å². The average Bonchev–Trinajstić information content (AvgIpc) is 3.46. The van der Waals surface area contributed by atoms with Crippen LogP contribution in [0.5, 0.6) is 5.75 Å². The molecule has 224 valence electrons. The monoisotopic (exact) mass is 598 g/mol. The summed E-state index contributed by atoms with van der Waals surface area (Å²) in [6, 6.07) is 18.2. The molecule has 2 saturated heterocycles. The quantitative estimate of drug-likeness (QED) is 0.280. The van der Waals surface area contributed by atoms with Crippen LogP contribution in [0.2, 0.25) is 0 Å². The van der Waals surface area contributed by atoms with Gasteiger partial charge in [0.1, 0.15) is 5.75 Å². The van der Waals surface area contributed by atoms with Gasteiger partial charge < -0.3 is 29.9 Å². The van der Waals surface area contributed by atoms with Crippen molar-refractivity contribution in [2.75, 3.05) is 69.8 Å². The van der Waals surface area contributed by atoms with E-state index in [-0.39, 0.29) is 17.7 Å². The Hall–Kier alpha value is -3.99. The number of morpholine rings is 1. The van der Waals surface area contributed by atoms with Crippen molar-refractivity contribution in [3.63, 3.8) is 0 Å². The maximum Gasteiger partial charge on any atom is 0.243 e. The Morgan fingerprint density at radius 2 is 1.79 bits per heavy atom. The van der Waals surface area contributed by atoms with Crippen molar-refractivity contribution in [2.45, 2.75) is 18.9 Å². The molecule has 2 N–H and O–H groups in total. The molecule has 10 heteroatoms. The van der Waals surface area contributed by atoms with Gasteiger partial charge in [-0.3, -0.25) is 4.79 Å². The van der Waals surface area contributed by atoms with E-state index in [9.17, 15) is 9.90 Å². The van der Waals surface area contributed by atoms with Crippen LogP contribution in [0.15, 0.2) is 66.7 Å². The molecule has 0 saturated carbocycles. The lowest BCUT2D eigenvalue weighted by molar-refractivity contribution is -0.117. The van der Waals surface area contributed by atoms with Gasteiger partial charge in [0, 0.05) is 61.0 Å². The molecule has 0 atom stereocenters. The number of amides is 1. The second kappa shape index (κ2) is 13.1. The van der Waals surface area contributed by atoms with Crippen molar-refractivity contribution in [2.24, 2.45) is 0 Å². The van der Waals surface area contributed by atoms with Gasteiger partial charge >= 0.3 is 0 Å². The number of likely N-dealkylation sites (N-methyl/N-ethyl adjacent to an activating group) is 1. The average molecular weight is 599 g/mol. The van der Waals surface area contributed by atoms with Crippen molar-refractivity contribution in [1.29, 1.82) is 0 Å². The van der Waals surface area contributed by atoms with Crippen LogP contribution in [0.3, 0.4) is 0 Å². The molecular formula is C33H38N6O3S. The maximum absolute atomic E-state index is 12.2. The Bertz CT molecular complexity index is 1590. The Morgan fingerprint density at radius 3 is 2.51 bits per heavy atom. The first-order chi connectivity index (χ1) is 20.9. The van der Waals surface area contributed by atoms with E-state index in [1.807, 2.05) is 37.2 Å². The summed E-state index contributed by atoms with van der Waals surface area (Å²) in [6.45, 7) is 5.47. The number of carbonyl (C=O) groups excluding carboxylic acids is 1. The van der Waals surface area contributed by atoms with Gasteiger partial charge in [-0.05, 0) is 62.8 Å². The van der Waals surface area contributed by atoms with Crippen LogP contribution in [0.25, 0.3) is 32.0 Å². The highest BCUT2D eigenvalue weighted by molar-refractivity contribution is 7.22. The topological polar surface area (TPSA) is 94.1 Å². The van der Waals surface area contributed by atoms with E-state index in [4.69, 9.17) is 14.7 Å². The molecule has 0 spiro atoms. The highest BCUT2D eigenvalue weighted by Crippen LogP contribution is 2.39. The number of hydrogen-bond donors (Lipinski definition) is 2. The Labute approximate surface area is 256 Å². The minimum absolute atomic E-state index is 0.0107. The van der Waals surface area contributed by atoms with Gasteiger partial charge in [-0.25, -0.2) is 9.97 Å². The summed E-state index contributed by atoms with van der Waals surface area (Å²) >= 11 is 1.71. The zero-order valence-corrected chi connectivity index (χ0v) is 25.5. The Morgan fingerprint density at radius 1 is 1.02 bits per heavy atom. The van der Waals surface area contributed by atoms with Crippen LogP contribution >= 0.6 is 11.3 Å². The fourth-order valence-electron chi connectivity index (χ4n) is 5.56. The van der Waals surface area contributed by atoms with Crippen LogP contribution in [-0.4, -0.2) is 92.0 Å². The predicted octanol–water partition coefficient (Wildman–Crippen LogP) is 4.77. The normalized spacial score (nSPS) is 16.4. The zero-order valence-electron chi connectivity index (χ0n) is 24.7. The van der Waals surface area contributed by atoms with Crippen LogP contribution in [0.1, 0.15) is 12.8 Å². The molecule has 2 aliphatic rings. The standard InChI is InChI=1S/C33H38N6O3S/c1-37(2)14-4-7-30(41)34-25-12-15-38(16-13-25)26-10-8-23(9-11-26)29-22-28-31(43-29)33(39-17-19-42-20-18-39)36-32(35-28)24-5-3-6-27(40)21-24/h3-11,21-22,25,40H,12-20H2,1-2H3,(H,34,41). The molecule has 1 amide bonds. The fraction of sp³-hybridized carbons (Fsp3) is 0.364.